The Hall–Kier alpha value is -2.62. The third kappa shape index (κ3) is 3.56. The maximum absolute atomic E-state index is 12.3. The number of aromatic amines is 1. The molecule has 28 heavy (non-hydrogen) atoms. The van der Waals surface area contributed by atoms with E-state index in [2.05, 4.69) is 19.9 Å². The Labute approximate surface area is 163 Å². The van der Waals surface area contributed by atoms with Crippen molar-refractivity contribution in [3.63, 3.8) is 0 Å². The van der Waals surface area contributed by atoms with Gasteiger partial charge in [0.05, 0.1) is 34.8 Å². The van der Waals surface area contributed by atoms with E-state index in [4.69, 9.17) is 4.74 Å². The Bertz CT molecular complexity index is 993. The fraction of sp³-hybridized carbons (Fsp3) is 0.316. The Balaban J connectivity index is 1.65. The van der Waals surface area contributed by atoms with Crippen LogP contribution in [0.4, 0.5) is 5.69 Å². The molecular formula is C19H22N4O4S. The van der Waals surface area contributed by atoms with E-state index >= 15 is 0 Å². The second-order valence-corrected chi connectivity index (χ2v) is 9.03. The summed E-state index contributed by atoms with van der Waals surface area (Å²) in [5.74, 6) is 0.384. The first-order valence-corrected chi connectivity index (χ1v) is 10.9. The number of aromatic nitrogens is 3. The van der Waals surface area contributed by atoms with Gasteiger partial charge in [-0.3, -0.25) is 9.11 Å². The molecule has 3 N–H and O–H groups in total. The fourth-order valence-electron chi connectivity index (χ4n) is 3.37. The van der Waals surface area contributed by atoms with Gasteiger partial charge in [0.25, 0.3) is 0 Å². The summed E-state index contributed by atoms with van der Waals surface area (Å²) in [4.78, 5) is 26.0. The van der Waals surface area contributed by atoms with Gasteiger partial charge in [-0.2, -0.15) is 10.6 Å². The van der Waals surface area contributed by atoms with Crippen LogP contribution in [0.15, 0.2) is 36.8 Å². The molecule has 0 spiro atoms. The van der Waals surface area contributed by atoms with Gasteiger partial charge in [0.1, 0.15) is 12.0 Å². The number of rotatable bonds is 4. The molecule has 3 aromatic rings. The Morgan fingerprint density at radius 2 is 1.93 bits per heavy atom. The Morgan fingerprint density at radius 1 is 1.21 bits per heavy atom. The van der Waals surface area contributed by atoms with Crippen LogP contribution in [0.25, 0.3) is 22.3 Å². The summed E-state index contributed by atoms with van der Waals surface area (Å²) >= 11 is 0. The van der Waals surface area contributed by atoms with Crippen molar-refractivity contribution in [1.29, 1.82) is 0 Å². The van der Waals surface area contributed by atoms with E-state index in [-0.39, 0.29) is 0 Å². The molecule has 9 heteroatoms. The molecule has 4 rings (SSSR count). The van der Waals surface area contributed by atoms with Crippen molar-refractivity contribution in [2.75, 3.05) is 36.1 Å². The summed E-state index contributed by atoms with van der Waals surface area (Å²) in [7, 11) is -2.42. The topological polar surface area (TPSA) is 112 Å². The Morgan fingerprint density at radius 3 is 2.61 bits per heavy atom. The van der Waals surface area contributed by atoms with Gasteiger partial charge in [0.15, 0.2) is 0 Å². The van der Waals surface area contributed by atoms with Crippen LogP contribution in [0.3, 0.4) is 0 Å². The maximum Gasteiger partial charge on any atom is 0.340 e. The predicted octanol–water partition coefficient (Wildman–Crippen LogP) is 3.37. The van der Waals surface area contributed by atoms with Gasteiger partial charge in [-0.25, -0.2) is 14.8 Å². The minimum Gasteiger partial charge on any atom is -0.462 e. The number of hydrogen-bond donors (Lipinski definition) is 3. The van der Waals surface area contributed by atoms with Gasteiger partial charge < -0.3 is 14.6 Å². The number of nitrogens with one attached hydrogen (secondary N) is 1. The highest BCUT2D eigenvalue weighted by atomic mass is 32.3. The molecule has 0 saturated carbocycles. The van der Waals surface area contributed by atoms with E-state index in [1.165, 1.54) is 6.33 Å². The monoisotopic (exact) mass is 402 g/mol. The maximum atomic E-state index is 12.3. The zero-order valence-electron chi connectivity index (χ0n) is 15.5. The molecule has 1 fully saturated rings. The van der Waals surface area contributed by atoms with Gasteiger partial charge in [0, 0.05) is 30.5 Å². The lowest BCUT2D eigenvalue weighted by atomic mass is 10.1. The molecule has 1 aliphatic heterocycles. The molecule has 0 aliphatic carbocycles. The highest BCUT2D eigenvalue weighted by molar-refractivity contribution is 8.24. The number of hydrogen-bond acceptors (Lipinski definition) is 7. The van der Waals surface area contributed by atoms with Crippen molar-refractivity contribution >= 4 is 33.3 Å². The lowest BCUT2D eigenvalue weighted by Crippen LogP contribution is -2.38. The largest absolute Gasteiger partial charge is 0.462 e. The second kappa shape index (κ2) is 7.42. The van der Waals surface area contributed by atoms with Crippen LogP contribution >= 0.6 is 10.6 Å². The standard InChI is InChI=1S/C19H22N4O4S/c1-2-27-19(24)15-11-20-18-16(15)17(21-12-22-18)13-3-5-14(6-4-13)23-7-9-28(25,26)10-8-23/h3-6,11-12,25-26H,2,7-10H2,1H3,(H,20,21,22). The van der Waals surface area contributed by atoms with Crippen molar-refractivity contribution in [2.45, 2.75) is 6.92 Å². The lowest BCUT2D eigenvalue weighted by Gasteiger charge is -2.41. The van der Waals surface area contributed by atoms with Crippen LogP contribution in [0.5, 0.6) is 0 Å². The zero-order chi connectivity index (χ0) is 19.7. The van der Waals surface area contributed by atoms with E-state index in [1.54, 1.807) is 13.1 Å². The van der Waals surface area contributed by atoms with Crippen LogP contribution in [0, 0.1) is 0 Å². The molecule has 0 unspecified atom stereocenters. The summed E-state index contributed by atoms with van der Waals surface area (Å²) in [6, 6.07) is 7.87. The molecule has 148 valence electrons. The number of carbonyl (C=O) groups excluding carboxylic acids is 1. The molecule has 0 bridgehead atoms. The van der Waals surface area contributed by atoms with E-state index < -0.39 is 16.6 Å². The number of anilines is 1. The highest BCUT2D eigenvalue weighted by Gasteiger charge is 2.23. The normalized spacial score (nSPS) is 17.5. The number of carbonyl (C=O) groups is 1. The third-order valence-electron chi connectivity index (χ3n) is 4.85. The minimum atomic E-state index is -2.42. The van der Waals surface area contributed by atoms with Crippen LogP contribution in [0.2, 0.25) is 0 Å². The average molecular weight is 402 g/mol. The molecule has 3 heterocycles. The van der Waals surface area contributed by atoms with Crippen LogP contribution in [-0.2, 0) is 4.74 Å². The minimum absolute atomic E-state index is 0.295. The number of ether oxygens (including phenoxy) is 1. The fourth-order valence-corrected chi connectivity index (χ4v) is 4.60. The number of fused-ring (bicyclic) bond motifs is 1. The smallest absolute Gasteiger partial charge is 0.340 e. The zero-order valence-corrected chi connectivity index (χ0v) is 16.3. The summed E-state index contributed by atoms with van der Waals surface area (Å²) in [6.07, 6.45) is 3.06. The quantitative estimate of drug-likeness (QED) is 0.574. The van der Waals surface area contributed by atoms with Gasteiger partial charge in [-0.05, 0) is 19.1 Å². The number of esters is 1. The van der Waals surface area contributed by atoms with E-state index in [1.807, 2.05) is 24.3 Å². The van der Waals surface area contributed by atoms with Crippen LogP contribution in [-0.4, -0.2) is 61.2 Å². The summed E-state index contributed by atoms with van der Waals surface area (Å²) in [5.41, 5.74) is 3.54. The van der Waals surface area contributed by atoms with Crippen LogP contribution in [0.1, 0.15) is 17.3 Å². The van der Waals surface area contributed by atoms with Crippen molar-refractivity contribution < 1.29 is 18.6 Å². The molecule has 1 aromatic carbocycles. The molecule has 1 aliphatic rings. The lowest BCUT2D eigenvalue weighted by molar-refractivity contribution is 0.0528. The SMILES string of the molecule is CCOC(=O)c1c[nH]c2ncnc(-c3ccc(N4CCS(O)(O)CC4)cc3)c12. The number of benzene rings is 1. The van der Waals surface area contributed by atoms with E-state index in [0.717, 1.165) is 11.3 Å². The highest BCUT2D eigenvalue weighted by Crippen LogP contribution is 2.41. The van der Waals surface area contributed by atoms with Crippen molar-refractivity contribution in [3.05, 3.63) is 42.4 Å². The summed E-state index contributed by atoms with van der Waals surface area (Å²) < 4.78 is 24.7. The molecule has 0 atom stereocenters. The molecule has 8 nitrogen and oxygen atoms in total. The molecule has 2 aromatic heterocycles. The average Bonchev–Trinajstić information content (AvgIpc) is 3.13. The predicted molar refractivity (Wildman–Crippen MR) is 110 cm³/mol. The molecular weight excluding hydrogens is 380 g/mol. The Kier molecular flexibility index (Phi) is 4.96. The third-order valence-corrected chi connectivity index (χ3v) is 6.52. The van der Waals surface area contributed by atoms with E-state index in [9.17, 15) is 13.9 Å². The van der Waals surface area contributed by atoms with E-state index in [0.29, 0.717) is 53.5 Å². The number of nitrogens with zero attached hydrogens (tertiary/aromatic N) is 3. The first kappa shape index (κ1) is 18.7. The second-order valence-electron chi connectivity index (χ2n) is 6.61. The molecule has 0 radical (unpaired) electrons. The number of H-pyrrole nitrogens is 1. The van der Waals surface area contributed by atoms with Gasteiger partial charge in [-0.1, -0.05) is 12.1 Å². The molecule has 0 amide bonds. The first-order valence-electron chi connectivity index (χ1n) is 9.06. The van der Waals surface area contributed by atoms with Crippen LogP contribution < -0.4 is 4.90 Å². The van der Waals surface area contributed by atoms with Crippen molar-refractivity contribution in [3.8, 4) is 11.3 Å². The van der Waals surface area contributed by atoms with Crippen molar-refractivity contribution in [1.82, 2.24) is 15.0 Å². The van der Waals surface area contributed by atoms with Gasteiger partial charge in [0.2, 0.25) is 0 Å². The van der Waals surface area contributed by atoms with Crippen molar-refractivity contribution in [2.24, 2.45) is 0 Å². The van der Waals surface area contributed by atoms with Gasteiger partial charge in [-0.15, -0.1) is 0 Å². The van der Waals surface area contributed by atoms with Gasteiger partial charge >= 0.3 is 5.97 Å². The summed E-state index contributed by atoms with van der Waals surface area (Å²) in [6.45, 7) is 3.29. The molecule has 1 saturated heterocycles. The first-order chi connectivity index (χ1) is 13.5. The summed E-state index contributed by atoms with van der Waals surface area (Å²) in [5, 5.41) is 0.639.